The Balaban J connectivity index is 1.62. The molecule has 1 aromatic heterocycles. The molecule has 5 nitrogen and oxygen atoms in total. The first-order valence-corrected chi connectivity index (χ1v) is 8.96. The third-order valence-electron chi connectivity index (χ3n) is 4.95. The average Bonchev–Trinajstić information content (AvgIpc) is 2.65. The molecule has 8 heteroatoms. The lowest BCUT2D eigenvalue weighted by Crippen LogP contribution is -2.42. The minimum atomic E-state index is -4.48. The van der Waals surface area contributed by atoms with Gasteiger partial charge < -0.3 is 14.2 Å². The molecule has 0 unspecified atom stereocenters. The highest BCUT2D eigenvalue weighted by Gasteiger charge is 2.32. The van der Waals surface area contributed by atoms with Gasteiger partial charge in [-0.25, -0.2) is 0 Å². The molecule has 1 fully saturated rings. The van der Waals surface area contributed by atoms with E-state index in [1.807, 2.05) is 6.92 Å². The van der Waals surface area contributed by atoms with E-state index in [2.05, 4.69) is 0 Å². The Morgan fingerprint density at radius 1 is 1.14 bits per heavy atom. The number of hydrogen-bond acceptors (Lipinski definition) is 3. The number of alkyl halides is 3. The van der Waals surface area contributed by atoms with Crippen LogP contribution in [0.3, 0.4) is 0 Å². The third-order valence-corrected chi connectivity index (χ3v) is 4.95. The van der Waals surface area contributed by atoms with E-state index >= 15 is 0 Å². The number of ether oxygens (including phenoxy) is 1. The summed E-state index contributed by atoms with van der Waals surface area (Å²) in [6, 6.07) is 7.66. The van der Waals surface area contributed by atoms with Crippen LogP contribution in [0.2, 0.25) is 0 Å². The first-order chi connectivity index (χ1) is 13.1. The molecule has 1 aliphatic rings. The lowest BCUT2D eigenvalue weighted by atomic mass is 10.0. The van der Waals surface area contributed by atoms with Crippen LogP contribution in [-0.4, -0.2) is 34.6 Å². The second-order valence-electron chi connectivity index (χ2n) is 6.92. The molecule has 0 atom stereocenters. The van der Waals surface area contributed by atoms with Crippen LogP contribution in [0.15, 0.2) is 41.2 Å². The first kappa shape index (κ1) is 20.0. The van der Waals surface area contributed by atoms with Gasteiger partial charge in [0.05, 0.1) is 5.56 Å². The topological polar surface area (TPSA) is 51.5 Å². The zero-order valence-corrected chi connectivity index (χ0v) is 15.6. The van der Waals surface area contributed by atoms with E-state index in [4.69, 9.17) is 4.74 Å². The Morgan fingerprint density at radius 3 is 2.43 bits per heavy atom. The number of hydrogen-bond donors (Lipinski definition) is 0. The molecular formula is C20H21F3N2O3. The molecule has 28 heavy (non-hydrogen) atoms. The van der Waals surface area contributed by atoms with Crippen molar-refractivity contribution in [3.8, 4) is 5.75 Å². The predicted molar refractivity (Wildman–Crippen MR) is 97.4 cm³/mol. The van der Waals surface area contributed by atoms with Gasteiger partial charge in [-0.05, 0) is 31.2 Å². The fourth-order valence-electron chi connectivity index (χ4n) is 3.19. The van der Waals surface area contributed by atoms with Gasteiger partial charge in [-0.3, -0.25) is 9.59 Å². The summed E-state index contributed by atoms with van der Waals surface area (Å²) in [6.07, 6.45) is -3.56. The Bertz CT molecular complexity index is 929. The van der Waals surface area contributed by atoms with Crippen molar-refractivity contribution in [3.63, 3.8) is 0 Å². The lowest BCUT2D eigenvalue weighted by molar-refractivity contribution is -0.137. The van der Waals surface area contributed by atoms with Crippen molar-refractivity contribution in [2.24, 2.45) is 7.05 Å². The van der Waals surface area contributed by atoms with Gasteiger partial charge in [0, 0.05) is 50.3 Å². The van der Waals surface area contributed by atoms with Crippen molar-refractivity contribution < 1.29 is 22.7 Å². The summed E-state index contributed by atoms with van der Waals surface area (Å²) < 4.78 is 45.9. The number of aryl methyl sites for hydroxylation is 1. The first-order valence-electron chi connectivity index (χ1n) is 8.96. The van der Waals surface area contributed by atoms with E-state index in [9.17, 15) is 22.8 Å². The Kier molecular flexibility index (Phi) is 5.49. The van der Waals surface area contributed by atoms with Crippen molar-refractivity contribution in [1.29, 1.82) is 0 Å². The number of benzene rings is 1. The highest BCUT2D eigenvalue weighted by atomic mass is 19.4. The number of likely N-dealkylation sites (tertiary alicyclic amines) is 1. The van der Waals surface area contributed by atoms with Crippen LogP contribution in [0.4, 0.5) is 13.2 Å². The molecule has 2 aromatic rings. The summed E-state index contributed by atoms with van der Waals surface area (Å²) in [7, 11) is 1.68. The molecule has 1 aliphatic heterocycles. The molecular weight excluding hydrogens is 373 g/mol. The number of aromatic nitrogens is 1. The lowest BCUT2D eigenvalue weighted by Gasteiger charge is -2.32. The van der Waals surface area contributed by atoms with E-state index in [-0.39, 0.29) is 17.2 Å². The fraction of sp³-hybridized carbons (Fsp3) is 0.400. The maximum atomic E-state index is 12.8. The molecule has 0 spiro atoms. The number of rotatable bonds is 3. The molecule has 150 valence electrons. The van der Waals surface area contributed by atoms with Crippen LogP contribution in [0, 0.1) is 6.92 Å². The van der Waals surface area contributed by atoms with Crippen molar-refractivity contribution in [2.45, 2.75) is 32.0 Å². The predicted octanol–water partition coefficient (Wildman–Crippen LogP) is 3.40. The second-order valence-corrected chi connectivity index (χ2v) is 6.92. The Hall–Kier alpha value is -2.77. The van der Waals surface area contributed by atoms with Gasteiger partial charge in [0.1, 0.15) is 11.9 Å². The van der Waals surface area contributed by atoms with E-state index in [1.165, 1.54) is 27.7 Å². The van der Waals surface area contributed by atoms with E-state index in [1.54, 1.807) is 13.1 Å². The molecule has 1 aromatic carbocycles. The average molecular weight is 394 g/mol. The Labute approximate surface area is 160 Å². The number of carbonyl (C=O) groups excluding carboxylic acids is 1. The minimum Gasteiger partial charge on any atom is -0.490 e. The van der Waals surface area contributed by atoms with Crippen LogP contribution >= 0.6 is 0 Å². The van der Waals surface area contributed by atoms with Crippen LogP contribution in [0.1, 0.15) is 34.5 Å². The number of piperidine rings is 1. The van der Waals surface area contributed by atoms with Crippen molar-refractivity contribution in [3.05, 3.63) is 63.6 Å². The van der Waals surface area contributed by atoms with Crippen LogP contribution in [0.25, 0.3) is 0 Å². The molecule has 0 radical (unpaired) electrons. The van der Waals surface area contributed by atoms with E-state index in [0.29, 0.717) is 31.7 Å². The number of carbonyl (C=O) groups is 1. The summed E-state index contributed by atoms with van der Waals surface area (Å²) in [5.74, 6) is 0.0669. The van der Waals surface area contributed by atoms with Crippen molar-refractivity contribution in [1.82, 2.24) is 9.47 Å². The summed E-state index contributed by atoms with van der Waals surface area (Å²) in [6.45, 7) is 2.57. The second kappa shape index (κ2) is 7.69. The molecule has 0 aliphatic carbocycles. The van der Waals surface area contributed by atoms with Gasteiger partial charge in [-0.15, -0.1) is 0 Å². The third kappa shape index (κ3) is 4.37. The van der Waals surface area contributed by atoms with Gasteiger partial charge in [-0.1, -0.05) is 6.07 Å². The zero-order chi connectivity index (χ0) is 20.5. The Morgan fingerprint density at radius 2 is 1.82 bits per heavy atom. The van der Waals surface area contributed by atoms with Gasteiger partial charge in [-0.2, -0.15) is 13.2 Å². The normalized spacial score (nSPS) is 15.5. The summed E-state index contributed by atoms with van der Waals surface area (Å²) in [5, 5.41) is 0. The standard InChI is InChI=1S/C20H21F3N2O3/c1-13-10-17(12-18(26)24(13)2)28-16-6-8-25(9-7-16)19(27)14-4-3-5-15(11-14)20(21,22)23/h3-5,10-12,16H,6-9H2,1-2H3. The molecule has 0 saturated carbocycles. The highest BCUT2D eigenvalue weighted by molar-refractivity contribution is 5.94. The van der Waals surface area contributed by atoms with Crippen molar-refractivity contribution >= 4 is 5.91 Å². The van der Waals surface area contributed by atoms with Crippen LogP contribution in [0.5, 0.6) is 5.75 Å². The molecule has 1 saturated heterocycles. The van der Waals surface area contributed by atoms with Gasteiger partial charge in [0.15, 0.2) is 0 Å². The van der Waals surface area contributed by atoms with Gasteiger partial charge >= 0.3 is 6.18 Å². The van der Waals surface area contributed by atoms with Crippen molar-refractivity contribution in [2.75, 3.05) is 13.1 Å². The van der Waals surface area contributed by atoms with E-state index < -0.39 is 17.6 Å². The maximum absolute atomic E-state index is 12.8. The monoisotopic (exact) mass is 394 g/mol. The molecule has 2 heterocycles. The smallest absolute Gasteiger partial charge is 0.416 e. The maximum Gasteiger partial charge on any atom is 0.416 e. The van der Waals surface area contributed by atoms with E-state index in [0.717, 1.165) is 17.8 Å². The SMILES string of the molecule is Cc1cc(OC2CCN(C(=O)c3cccc(C(F)(F)F)c3)CC2)cc(=O)n1C. The summed E-state index contributed by atoms with van der Waals surface area (Å²) in [5.41, 5.74) is -0.194. The molecule has 0 bridgehead atoms. The van der Waals surface area contributed by atoms with Crippen LogP contribution < -0.4 is 10.3 Å². The number of pyridine rings is 1. The van der Waals surface area contributed by atoms with Crippen LogP contribution in [-0.2, 0) is 13.2 Å². The number of halogens is 3. The highest BCUT2D eigenvalue weighted by Crippen LogP contribution is 2.30. The van der Waals surface area contributed by atoms with Gasteiger partial charge in [0.25, 0.3) is 11.5 Å². The van der Waals surface area contributed by atoms with Gasteiger partial charge in [0.2, 0.25) is 0 Å². The zero-order valence-electron chi connectivity index (χ0n) is 15.6. The summed E-state index contributed by atoms with van der Waals surface area (Å²) in [4.78, 5) is 25.9. The fourth-order valence-corrected chi connectivity index (χ4v) is 3.19. The number of amides is 1. The largest absolute Gasteiger partial charge is 0.490 e. The summed E-state index contributed by atoms with van der Waals surface area (Å²) >= 11 is 0. The molecule has 1 amide bonds. The quantitative estimate of drug-likeness (QED) is 0.802. The molecule has 0 N–H and O–H groups in total. The number of nitrogens with zero attached hydrogens (tertiary/aromatic N) is 2. The molecule has 3 rings (SSSR count). The minimum absolute atomic E-state index is 0.0244.